The summed E-state index contributed by atoms with van der Waals surface area (Å²) in [4.78, 5) is 7.36. The van der Waals surface area contributed by atoms with Crippen LogP contribution >= 0.6 is 0 Å². The van der Waals surface area contributed by atoms with Crippen molar-refractivity contribution in [1.29, 1.82) is 0 Å². The largest absolute Gasteiger partial charge is 0.310 e. The molecule has 63 heavy (non-hydrogen) atoms. The summed E-state index contributed by atoms with van der Waals surface area (Å²) in [6.45, 7) is 9.63. The minimum absolute atomic E-state index is 0.236. The van der Waals surface area contributed by atoms with Crippen molar-refractivity contribution in [2.45, 2.75) is 44.9 Å². The number of allylic oxidation sites excluding steroid dienone is 4. The van der Waals surface area contributed by atoms with E-state index in [0.29, 0.717) is 5.92 Å². The van der Waals surface area contributed by atoms with Gasteiger partial charge >= 0.3 is 0 Å². The Morgan fingerprint density at radius 1 is 0.508 bits per heavy atom. The molecule has 8 aromatic carbocycles. The van der Waals surface area contributed by atoms with Crippen molar-refractivity contribution in [1.82, 2.24) is 4.98 Å². The molecule has 0 bridgehead atoms. The van der Waals surface area contributed by atoms with Crippen molar-refractivity contribution in [2.75, 3.05) is 4.90 Å². The van der Waals surface area contributed by atoms with Gasteiger partial charge in [-0.25, -0.2) is 0 Å². The normalized spacial score (nSPS) is 18.0. The summed E-state index contributed by atoms with van der Waals surface area (Å²) in [7, 11) is 0. The Bertz CT molecular complexity index is 3350. The Balaban J connectivity index is 1.00. The molecule has 2 unspecified atom stereocenters. The molecular weight excluding hydrogens is 761 g/mol. The molecule has 1 heterocycles. The maximum Gasteiger partial charge on any atom is 0.0786 e. The Labute approximate surface area is 370 Å². The monoisotopic (exact) mass is 808 g/mol. The van der Waals surface area contributed by atoms with Gasteiger partial charge in [0.1, 0.15) is 0 Å². The highest BCUT2D eigenvalue weighted by molar-refractivity contribution is 6.12. The summed E-state index contributed by atoms with van der Waals surface area (Å²) >= 11 is 0. The highest BCUT2D eigenvalue weighted by atomic mass is 15.1. The fourth-order valence-electron chi connectivity index (χ4n) is 11.3. The van der Waals surface area contributed by atoms with Crippen LogP contribution in [0.25, 0.3) is 60.6 Å². The summed E-state index contributed by atoms with van der Waals surface area (Å²) in [5, 5.41) is 3.58. The molecule has 2 nitrogen and oxygen atoms in total. The molecule has 0 spiro atoms. The molecule has 12 rings (SSSR count). The third-order valence-electron chi connectivity index (χ3n) is 14.6. The van der Waals surface area contributed by atoms with Gasteiger partial charge in [0, 0.05) is 44.9 Å². The fourth-order valence-corrected chi connectivity index (χ4v) is 11.3. The quantitative estimate of drug-likeness (QED) is 0.156. The zero-order valence-electron chi connectivity index (χ0n) is 36.2. The first-order valence-corrected chi connectivity index (χ1v) is 22.4. The highest BCUT2D eigenvalue weighted by Gasteiger charge is 2.44. The highest BCUT2D eigenvalue weighted by Crippen LogP contribution is 2.57. The molecule has 0 fully saturated rings. The van der Waals surface area contributed by atoms with Gasteiger partial charge in [0.15, 0.2) is 0 Å². The van der Waals surface area contributed by atoms with Crippen LogP contribution in [0.1, 0.15) is 61.9 Å². The van der Waals surface area contributed by atoms with Crippen molar-refractivity contribution >= 4 is 44.3 Å². The van der Waals surface area contributed by atoms with Crippen molar-refractivity contribution in [3.05, 3.63) is 234 Å². The van der Waals surface area contributed by atoms with E-state index in [2.05, 4.69) is 221 Å². The SMILES string of the molecule is CC1CC=CC2=C1c1ccc(N(c3ccc(-c4ccccc4)cc3)c3ccc4c(c3)C(C)(C)c3cc(-c5cccc6ccc7cccnc7c56)ccc3-4)cc1C2(C)c1ccccc1. The predicted molar refractivity (Wildman–Crippen MR) is 265 cm³/mol. The standard InChI is InChI=1S/C61H48N2/c1-39-14-11-22-53-57(39)52-34-31-48(38-56(52)61(53,4)45-19-9-6-10-20-45)63(46-28-25-41(26-29-46)40-15-7-5-8-16-40)47-30-33-51-50-32-27-44(36-54(50)60(2,3)55(51)37-47)49-21-12-17-42-23-24-43-18-13-35-62-59(43)58(42)49/h5-13,15-39H,14H2,1-4H3. The van der Waals surface area contributed by atoms with Crippen LogP contribution in [-0.4, -0.2) is 4.98 Å². The lowest BCUT2D eigenvalue weighted by Gasteiger charge is -2.32. The number of aromatic nitrogens is 1. The second-order valence-corrected chi connectivity index (χ2v) is 18.5. The first kappa shape index (κ1) is 37.5. The van der Waals surface area contributed by atoms with Gasteiger partial charge in [0.25, 0.3) is 0 Å². The van der Waals surface area contributed by atoms with E-state index < -0.39 is 0 Å². The number of pyridine rings is 1. The third kappa shape index (κ3) is 5.67. The van der Waals surface area contributed by atoms with E-state index in [1.165, 1.54) is 83.1 Å². The maximum absolute atomic E-state index is 4.88. The summed E-state index contributed by atoms with van der Waals surface area (Å²) < 4.78 is 0. The molecule has 302 valence electrons. The number of nitrogens with zero attached hydrogens (tertiary/aromatic N) is 2. The van der Waals surface area contributed by atoms with Crippen molar-refractivity contribution < 1.29 is 0 Å². The summed E-state index contributed by atoms with van der Waals surface area (Å²) in [6.07, 6.45) is 7.77. The van der Waals surface area contributed by atoms with Crippen LogP contribution in [0, 0.1) is 5.92 Å². The molecule has 1 aromatic heterocycles. The smallest absolute Gasteiger partial charge is 0.0786 e. The van der Waals surface area contributed by atoms with Crippen LogP contribution in [0.2, 0.25) is 0 Å². The van der Waals surface area contributed by atoms with Gasteiger partial charge < -0.3 is 4.90 Å². The first-order chi connectivity index (χ1) is 30.8. The Morgan fingerprint density at radius 3 is 1.90 bits per heavy atom. The lowest BCUT2D eigenvalue weighted by atomic mass is 9.72. The molecule has 0 saturated carbocycles. The summed E-state index contributed by atoms with van der Waals surface area (Å²) in [5.74, 6) is 0.458. The topological polar surface area (TPSA) is 16.1 Å². The molecule has 3 aliphatic carbocycles. The number of fused-ring (bicyclic) bond motifs is 8. The van der Waals surface area contributed by atoms with Crippen LogP contribution in [0.4, 0.5) is 17.1 Å². The van der Waals surface area contributed by atoms with E-state index in [4.69, 9.17) is 4.98 Å². The molecule has 0 saturated heterocycles. The average molecular weight is 809 g/mol. The van der Waals surface area contributed by atoms with Crippen LogP contribution < -0.4 is 4.90 Å². The lowest BCUT2D eigenvalue weighted by molar-refractivity contribution is 0.660. The number of anilines is 3. The first-order valence-electron chi connectivity index (χ1n) is 22.4. The molecule has 0 aliphatic heterocycles. The molecule has 3 aliphatic rings. The predicted octanol–water partition coefficient (Wildman–Crippen LogP) is 16.2. The second-order valence-electron chi connectivity index (χ2n) is 18.5. The number of benzene rings is 8. The average Bonchev–Trinajstić information content (AvgIpc) is 3.73. The summed E-state index contributed by atoms with van der Waals surface area (Å²) in [5.41, 5.74) is 21.2. The van der Waals surface area contributed by atoms with Crippen molar-refractivity contribution in [3.8, 4) is 33.4 Å². The zero-order chi connectivity index (χ0) is 42.5. The number of hydrogen-bond donors (Lipinski definition) is 0. The van der Waals surface area contributed by atoms with E-state index in [1.807, 2.05) is 12.3 Å². The van der Waals surface area contributed by atoms with Crippen LogP contribution in [-0.2, 0) is 10.8 Å². The lowest BCUT2D eigenvalue weighted by Crippen LogP contribution is -2.24. The van der Waals surface area contributed by atoms with Gasteiger partial charge in [0.05, 0.1) is 5.52 Å². The third-order valence-corrected chi connectivity index (χ3v) is 14.6. The van der Waals surface area contributed by atoms with Crippen LogP contribution in [0.15, 0.2) is 206 Å². The molecule has 2 heteroatoms. The van der Waals surface area contributed by atoms with Crippen molar-refractivity contribution in [3.63, 3.8) is 0 Å². The fraction of sp³-hybridized carbons (Fsp3) is 0.131. The van der Waals surface area contributed by atoms with E-state index in [1.54, 1.807) is 0 Å². The van der Waals surface area contributed by atoms with E-state index in [-0.39, 0.29) is 10.8 Å². The zero-order valence-corrected chi connectivity index (χ0v) is 36.2. The van der Waals surface area contributed by atoms with E-state index in [0.717, 1.165) is 34.4 Å². The number of rotatable bonds is 6. The van der Waals surface area contributed by atoms with Gasteiger partial charge in [-0.2, -0.15) is 0 Å². The molecule has 9 aromatic rings. The molecular formula is C61H48N2. The van der Waals surface area contributed by atoms with Crippen LogP contribution in [0.5, 0.6) is 0 Å². The molecule has 0 N–H and O–H groups in total. The Kier molecular flexibility index (Phi) is 8.40. The summed E-state index contributed by atoms with van der Waals surface area (Å²) in [6, 6.07) is 67.7. The van der Waals surface area contributed by atoms with Gasteiger partial charge in [0.2, 0.25) is 0 Å². The molecule has 0 radical (unpaired) electrons. The Morgan fingerprint density at radius 2 is 1.13 bits per heavy atom. The van der Waals surface area contributed by atoms with Gasteiger partial charge in [-0.3, -0.25) is 4.98 Å². The van der Waals surface area contributed by atoms with Gasteiger partial charge in [-0.1, -0.05) is 166 Å². The number of hydrogen-bond acceptors (Lipinski definition) is 2. The van der Waals surface area contributed by atoms with Crippen molar-refractivity contribution in [2.24, 2.45) is 5.92 Å². The van der Waals surface area contributed by atoms with E-state index in [9.17, 15) is 0 Å². The Hall–Kier alpha value is -7.29. The maximum atomic E-state index is 4.88. The van der Waals surface area contributed by atoms with Gasteiger partial charge in [-0.15, -0.1) is 0 Å². The molecule has 2 atom stereocenters. The minimum atomic E-state index is -0.276. The minimum Gasteiger partial charge on any atom is -0.310 e. The van der Waals surface area contributed by atoms with Crippen LogP contribution in [0.3, 0.4) is 0 Å². The molecule has 0 amide bonds. The van der Waals surface area contributed by atoms with Gasteiger partial charge in [-0.05, 0) is 146 Å². The van der Waals surface area contributed by atoms with E-state index >= 15 is 0 Å². The second kappa shape index (κ2) is 14.1.